The van der Waals surface area contributed by atoms with Crippen LogP contribution in [0.5, 0.6) is 0 Å². The maximum Gasteiger partial charge on any atom is 0.141 e. The first-order chi connectivity index (χ1) is 9.95. The molecule has 0 aromatic heterocycles. The SMILES string of the molecule is CC(Cc1ccc(Cl)cc1)NC(C)c1ccc(F)c(Cl)c1. The van der Waals surface area contributed by atoms with Crippen LogP contribution in [-0.2, 0) is 6.42 Å². The molecule has 112 valence electrons. The summed E-state index contributed by atoms with van der Waals surface area (Å²) in [5.74, 6) is -0.387. The predicted octanol–water partition coefficient (Wildman–Crippen LogP) is 5.41. The Kier molecular flexibility index (Phi) is 5.63. The van der Waals surface area contributed by atoms with Gasteiger partial charge in [0.15, 0.2) is 0 Å². The Morgan fingerprint density at radius 2 is 1.71 bits per heavy atom. The van der Waals surface area contributed by atoms with Gasteiger partial charge in [-0.1, -0.05) is 41.4 Å². The van der Waals surface area contributed by atoms with Crippen molar-refractivity contribution in [2.75, 3.05) is 0 Å². The summed E-state index contributed by atoms with van der Waals surface area (Å²) in [4.78, 5) is 0. The van der Waals surface area contributed by atoms with Gasteiger partial charge in [0.2, 0.25) is 0 Å². The number of nitrogens with one attached hydrogen (secondary N) is 1. The van der Waals surface area contributed by atoms with Gasteiger partial charge in [0, 0.05) is 17.1 Å². The van der Waals surface area contributed by atoms with Gasteiger partial charge in [-0.15, -0.1) is 0 Å². The van der Waals surface area contributed by atoms with Crippen LogP contribution in [0, 0.1) is 5.82 Å². The smallest absolute Gasteiger partial charge is 0.141 e. The van der Waals surface area contributed by atoms with E-state index in [4.69, 9.17) is 23.2 Å². The van der Waals surface area contributed by atoms with Crippen molar-refractivity contribution in [1.82, 2.24) is 5.32 Å². The van der Waals surface area contributed by atoms with Crippen molar-refractivity contribution < 1.29 is 4.39 Å². The van der Waals surface area contributed by atoms with Crippen molar-refractivity contribution in [3.05, 3.63) is 69.5 Å². The first kappa shape index (κ1) is 16.3. The summed E-state index contributed by atoms with van der Waals surface area (Å²) < 4.78 is 13.2. The number of rotatable bonds is 5. The third-order valence-corrected chi connectivity index (χ3v) is 3.97. The van der Waals surface area contributed by atoms with Crippen LogP contribution >= 0.6 is 23.2 Å². The molecular weight excluding hydrogens is 308 g/mol. The minimum absolute atomic E-state index is 0.102. The minimum Gasteiger partial charge on any atom is -0.307 e. The molecule has 2 aromatic carbocycles. The molecule has 2 unspecified atom stereocenters. The lowest BCUT2D eigenvalue weighted by molar-refractivity contribution is 0.476. The zero-order chi connectivity index (χ0) is 15.4. The van der Waals surface area contributed by atoms with Gasteiger partial charge in [0.25, 0.3) is 0 Å². The van der Waals surface area contributed by atoms with Crippen molar-refractivity contribution in [2.24, 2.45) is 0 Å². The summed E-state index contributed by atoms with van der Waals surface area (Å²) in [5, 5.41) is 4.39. The predicted molar refractivity (Wildman–Crippen MR) is 87.6 cm³/mol. The molecule has 2 rings (SSSR count). The fraction of sp³-hybridized carbons (Fsp3) is 0.294. The lowest BCUT2D eigenvalue weighted by Crippen LogP contribution is -2.30. The molecule has 0 bridgehead atoms. The van der Waals surface area contributed by atoms with Crippen LogP contribution in [-0.4, -0.2) is 6.04 Å². The Labute approximate surface area is 135 Å². The zero-order valence-corrected chi connectivity index (χ0v) is 13.5. The van der Waals surface area contributed by atoms with E-state index in [0.29, 0.717) is 0 Å². The Hall–Kier alpha value is -1.09. The summed E-state index contributed by atoms with van der Waals surface area (Å²) in [7, 11) is 0. The molecule has 0 amide bonds. The number of hydrogen-bond acceptors (Lipinski definition) is 1. The Balaban J connectivity index is 1.96. The normalized spacial score (nSPS) is 14.0. The average molecular weight is 326 g/mol. The summed E-state index contributed by atoms with van der Waals surface area (Å²) in [6.07, 6.45) is 0.899. The molecule has 21 heavy (non-hydrogen) atoms. The Bertz CT molecular complexity index is 598. The third kappa shape index (κ3) is 4.70. The summed E-state index contributed by atoms with van der Waals surface area (Å²) in [6, 6.07) is 13.1. The van der Waals surface area contributed by atoms with E-state index in [1.54, 1.807) is 12.1 Å². The largest absolute Gasteiger partial charge is 0.307 e. The van der Waals surface area contributed by atoms with E-state index in [-0.39, 0.29) is 22.9 Å². The van der Waals surface area contributed by atoms with E-state index in [0.717, 1.165) is 17.0 Å². The van der Waals surface area contributed by atoms with Gasteiger partial charge in [-0.05, 0) is 55.7 Å². The van der Waals surface area contributed by atoms with E-state index in [1.165, 1.54) is 11.6 Å². The molecule has 2 atom stereocenters. The second-order valence-electron chi connectivity index (χ2n) is 5.29. The first-order valence-corrected chi connectivity index (χ1v) is 7.66. The fourth-order valence-electron chi connectivity index (χ4n) is 2.34. The van der Waals surface area contributed by atoms with Crippen molar-refractivity contribution in [3.63, 3.8) is 0 Å². The zero-order valence-electron chi connectivity index (χ0n) is 12.0. The molecule has 0 heterocycles. The van der Waals surface area contributed by atoms with Gasteiger partial charge in [0.05, 0.1) is 5.02 Å². The second-order valence-corrected chi connectivity index (χ2v) is 6.14. The molecule has 0 saturated heterocycles. The standard InChI is InChI=1S/C17H18Cl2FN/c1-11(9-13-3-6-15(18)7-4-13)21-12(2)14-5-8-17(20)16(19)10-14/h3-8,10-12,21H,9H2,1-2H3. The monoisotopic (exact) mass is 325 g/mol. The van der Waals surface area contributed by atoms with Crippen LogP contribution in [0.15, 0.2) is 42.5 Å². The quantitative estimate of drug-likeness (QED) is 0.774. The minimum atomic E-state index is -0.387. The molecular formula is C17H18Cl2FN. The summed E-state index contributed by atoms with van der Waals surface area (Å²) >= 11 is 11.7. The van der Waals surface area contributed by atoms with Crippen molar-refractivity contribution in [2.45, 2.75) is 32.4 Å². The van der Waals surface area contributed by atoms with Gasteiger partial charge in [-0.25, -0.2) is 4.39 Å². The van der Waals surface area contributed by atoms with Gasteiger partial charge >= 0.3 is 0 Å². The van der Waals surface area contributed by atoms with Crippen molar-refractivity contribution >= 4 is 23.2 Å². The van der Waals surface area contributed by atoms with E-state index in [1.807, 2.05) is 31.2 Å². The second kappa shape index (κ2) is 7.26. The van der Waals surface area contributed by atoms with Crippen LogP contribution in [0.1, 0.15) is 31.0 Å². The highest BCUT2D eigenvalue weighted by Crippen LogP contribution is 2.21. The van der Waals surface area contributed by atoms with Crippen LogP contribution < -0.4 is 5.32 Å². The van der Waals surface area contributed by atoms with Crippen LogP contribution in [0.25, 0.3) is 0 Å². The highest BCUT2D eigenvalue weighted by atomic mass is 35.5. The molecule has 0 aliphatic carbocycles. The Morgan fingerprint density at radius 1 is 1.05 bits per heavy atom. The van der Waals surface area contributed by atoms with Crippen molar-refractivity contribution in [1.29, 1.82) is 0 Å². The molecule has 1 N–H and O–H groups in total. The number of hydrogen-bond donors (Lipinski definition) is 1. The summed E-state index contributed by atoms with van der Waals surface area (Å²) in [6.45, 7) is 4.16. The molecule has 0 spiro atoms. The molecule has 2 aromatic rings. The topological polar surface area (TPSA) is 12.0 Å². The lowest BCUT2D eigenvalue weighted by Gasteiger charge is -2.21. The van der Waals surface area contributed by atoms with Crippen LogP contribution in [0.2, 0.25) is 10.0 Å². The highest BCUT2D eigenvalue weighted by molar-refractivity contribution is 6.31. The molecule has 0 fully saturated rings. The molecule has 0 radical (unpaired) electrons. The Morgan fingerprint density at radius 3 is 2.33 bits per heavy atom. The molecule has 4 heteroatoms. The molecule has 1 nitrogen and oxygen atoms in total. The van der Waals surface area contributed by atoms with E-state index >= 15 is 0 Å². The molecule has 0 aliphatic heterocycles. The van der Waals surface area contributed by atoms with Crippen LogP contribution in [0.3, 0.4) is 0 Å². The van der Waals surface area contributed by atoms with Gasteiger partial charge in [0.1, 0.15) is 5.82 Å². The highest BCUT2D eigenvalue weighted by Gasteiger charge is 2.11. The summed E-state index contributed by atoms with van der Waals surface area (Å²) in [5.41, 5.74) is 2.20. The number of halogens is 3. The van der Waals surface area contributed by atoms with Gasteiger partial charge < -0.3 is 5.32 Å². The van der Waals surface area contributed by atoms with Crippen molar-refractivity contribution in [3.8, 4) is 0 Å². The molecule has 0 saturated carbocycles. The lowest BCUT2D eigenvalue weighted by atomic mass is 10.0. The fourth-order valence-corrected chi connectivity index (χ4v) is 2.65. The van der Waals surface area contributed by atoms with E-state index in [9.17, 15) is 4.39 Å². The maximum absolute atomic E-state index is 13.2. The number of benzene rings is 2. The van der Waals surface area contributed by atoms with Gasteiger partial charge in [-0.3, -0.25) is 0 Å². The molecule has 0 aliphatic rings. The first-order valence-electron chi connectivity index (χ1n) is 6.91. The maximum atomic E-state index is 13.2. The van der Waals surface area contributed by atoms with Gasteiger partial charge in [-0.2, -0.15) is 0 Å². The van der Waals surface area contributed by atoms with E-state index in [2.05, 4.69) is 12.2 Å². The van der Waals surface area contributed by atoms with Crippen LogP contribution in [0.4, 0.5) is 4.39 Å². The average Bonchev–Trinajstić information content (AvgIpc) is 2.44. The third-order valence-electron chi connectivity index (χ3n) is 3.43. The van der Waals surface area contributed by atoms with E-state index < -0.39 is 0 Å².